The molecule has 1 N–H and O–H groups in total. The molecular weight excluding hydrogens is 216 g/mol. The van der Waals surface area contributed by atoms with Crippen LogP contribution in [0.5, 0.6) is 0 Å². The number of thioether (sulfide) groups is 1. The predicted octanol–water partition coefficient (Wildman–Crippen LogP) is 3.60. The maximum Gasteiger partial charge on any atom is 0.161 e. The molecule has 1 aliphatic heterocycles. The molecule has 1 heterocycles. The number of hydrogen-bond donors (Lipinski definition) is 1. The standard InChI is InChI=1S/C13H16N2S/c1-2-16-13-14-10-7-3-5-9-6-4-8-11(15-13)12(9)10/h3,5,7,11H,2,4,6,8H2,1H3,(H,14,15). The largest absolute Gasteiger partial charge is 0.335 e. The summed E-state index contributed by atoms with van der Waals surface area (Å²) in [6.45, 7) is 2.17. The Morgan fingerprint density at radius 1 is 1.50 bits per heavy atom. The van der Waals surface area contributed by atoms with Gasteiger partial charge in [-0.25, -0.2) is 0 Å². The fourth-order valence-electron chi connectivity index (χ4n) is 2.59. The van der Waals surface area contributed by atoms with Crippen molar-refractivity contribution in [1.82, 2.24) is 0 Å². The first-order chi connectivity index (χ1) is 7.88. The van der Waals surface area contributed by atoms with Crippen molar-refractivity contribution in [3.8, 4) is 0 Å². The van der Waals surface area contributed by atoms with Crippen LogP contribution in [-0.4, -0.2) is 10.9 Å². The van der Waals surface area contributed by atoms with Gasteiger partial charge in [-0.3, -0.25) is 4.99 Å². The van der Waals surface area contributed by atoms with Crippen molar-refractivity contribution in [3.05, 3.63) is 29.3 Å². The summed E-state index contributed by atoms with van der Waals surface area (Å²) < 4.78 is 0. The van der Waals surface area contributed by atoms with Crippen LogP contribution in [0.1, 0.15) is 36.9 Å². The highest BCUT2D eigenvalue weighted by atomic mass is 32.2. The van der Waals surface area contributed by atoms with Crippen LogP contribution < -0.4 is 5.32 Å². The van der Waals surface area contributed by atoms with E-state index >= 15 is 0 Å². The highest BCUT2D eigenvalue weighted by Crippen LogP contribution is 2.40. The minimum Gasteiger partial charge on any atom is -0.335 e. The topological polar surface area (TPSA) is 24.4 Å². The molecule has 3 rings (SSSR count). The molecule has 1 aromatic carbocycles. The Morgan fingerprint density at radius 2 is 2.44 bits per heavy atom. The van der Waals surface area contributed by atoms with Gasteiger partial charge in [0.2, 0.25) is 0 Å². The van der Waals surface area contributed by atoms with Crippen LogP contribution >= 0.6 is 11.8 Å². The Bertz CT molecular complexity index is 440. The second kappa shape index (κ2) is 4.13. The van der Waals surface area contributed by atoms with Gasteiger partial charge in [0.25, 0.3) is 0 Å². The van der Waals surface area contributed by atoms with Crippen molar-refractivity contribution in [2.24, 2.45) is 4.99 Å². The SMILES string of the molecule is CCSC1=NC2CCCc3cccc(c32)N1. The number of anilines is 1. The Morgan fingerprint density at radius 3 is 3.31 bits per heavy atom. The van der Waals surface area contributed by atoms with Crippen molar-refractivity contribution in [2.45, 2.75) is 32.2 Å². The van der Waals surface area contributed by atoms with Gasteiger partial charge in [0.15, 0.2) is 5.17 Å². The Balaban J connectivity index is 2.03. The summed E-state index contributed by atoms with van der Waals surface area (Å²) in [5.41, 5.74) is 4.23. The number of benzene rings is 1. The fraction of sp³-hybridized carbons (Fsp3) is 0.462. The molecular formula is C13H16N2S. The summed E-state index contributed by atoms with van der Waals surface area (Å²) in [6.07, 6.45) is 3.70. The number of hydrogen-bond acceptors (Lipinski definition) is 3. The molecule has 0 fully saturated rings. The highest BCUT2D eigenvalue weighted by Gasteiger charge is 2.26. The van der Waals surface area contributed by atoms with Gasteiger partial charge < -0.3 is 5.32 Å². The van der Waals surface area contributed by atoms with Crippen LogP contribution in [0.4, 0.5) is 5.69 Å². The second-order valence-corrected chi connectivity index (χ2v) is 5.53. The number of amidine groups is 1. The van der Waals surface area contributed by atoms with Crippen LogP contribution in [0.15, 0.2) is 23.2 Å². The van der Waals surface area contributed by atoms with Crippen LogP contribution in [0.3, 0.4) is 0 Å². The lowest BCUT2D eigenvalue weighted by Crippen LogP contribution is -2.21. The molecule has 1 aromatic rings. The number of aliphatic imine (C=N–C) groups is 1. The van der Waals surface area contributed by atoms with E-state index in [1.165, 1.54) is 36.1 Å². The molecule has 0 spiro atoms. The Kier molecular flexibility index (Phi) is 2.64. The van der Waals surface area contributed by atoms with Crippen LogP contribution in [-0.2, 0) is 6.42 Å². The zero-order chi connectivity index (χ0) is 11.0. The molecule has 2 nitrogen and oxygen atoms in total. The van der Waals surface area contributed by atoms with Gasteiger partial charge in [-0.1, -0.05) is 30.8 Å². The minimum atomic E-state index is 0.412. The van der Waals surface area contributed by atoms with E-state index < -0.39 is 0 Å². The summed E-state index contributed by atoms with van der Waals surface area (Å²) in [4.78, 5) is 4.81. The molecule has 1 atom stereocenters. The zero-order valence-electron chi connectivity index (χ0n) is 9.49. The molecule has 0 saturated heterocycles. The lowest BCUT2D eigenvalue weighted by Gasteiger charge is -2.30. The van der Waals surface area contributed by atoms with E-state index in [1.54, 1.807) is 11.8 Å². The van der Waals surface area contributed by atoms with Crippen molar-refractivity contribution >= 4 is 22.6 Å². The molecule has 1 aliphatic carbocycles. The van der Waals surface area contributed by atoms with E-state index in [9.17, 15) is 0 Å². The third-order valence-corrected chi connectivity index (χ3v) is 4.02. The van der Waals surface area contributed by atoms with Gasteiger partial charge in [0.1, 0.15) is 0 Å². The number of nitrogens with one attached hydrogen (secondary N) is 1. The lowest BCUT2D eigenvalue weighted by atomic mass is 9.86. The van der Waals surface area contributed by atoms with Crippen molar-refractivity contribution < 1.29 is 0 Å². The van der Waals surface area contributed by atoms with Gasteiger partial charge in [0.05, 0.1) is 6.04 Å². The van der Waals surface area contributed by atoms with E-state index in [-0.39, 0.29) is 0 Å². The minimum absolute atomic E-state index is 0.412. The predicted molar refractivity (Wildman–Crippen MR) is 71.3 cm³/mol. The molecule has 0 saturated carbocycles. The van der Waals surface area contributed by atoms with E-state index in [0.29, 0.717) is 6.04 Å². The van der Waals surface area contributed by atoms with E-state index in [1.807, 2.05) is 0 Å². The van der Waals surface area contributed by atoms with Crippen molar-refractivity contribution in [3.63, 3.8) is 0 Å². The smallest absolute Gasteiger partial charge is 0.161 e. The third-order valence-electron chi connectivity index (χ3n) is 3.25. The van der Waals surface area contributed by atoms with Gasteiger partial charge in [0, 0.05) is 11.3 Å². The number of nitrogens with zero attached hydrogens (tertiary/aromatic N) is 1. The van der Waals surface area contributed by atoms with E-state index in [0.717, 1.165) is 10.9 Å². The van der Waals surface area contributed by atoms with Crippen LogP contribution in [0.25, 0.3) is 0 Å². The van der Waals surface area contributed by atoms with E-state index in [4.69, 9.17) is 4.99 Å². The summed E-state index contributed by atoms with van der Waals surface area (Å²) in [5, 5.41) is 4.55. The van der Waals surface area contributed by atoms with Crippen LogP contribution in [0, 0.1) is 0 Å². The van der Waals surface area contributed by atoms with Gasteiger partial charge in [-0.15, -0.1) is 0 Å². The zero-order valence-corrected chi connectivity index (χ0v) is 10.3. The average molecular weight is 232 g/mol. The van der Waals surface area contributed by atoms with Crippen molar-refractivity contribution in [2.75, 3.05) is 11.1 Å². The molecule has 0 bridgehead atoms. The molecule has 0 radical (unpaired) electrons. The normalized spacial score (nSPS) is 22.1. The lowest BCUT2D eigenvalue weighted by molar-refractivity contribution is 0.572. The molecule has 0 aromatic heterocycles. The fourth-order valence-corrected chi connectivity index (χ4v) is 3.25. The molecule has 16 heavy (non-hydrogen) atoms. The maximum atomic E-state index is 4.81. The highest BCUT2D eigenvalue weighted by molar-refractivity contribution is 8.14. The first-order valence-electron chi connectivity index (χ1n) is 5.98. The van der Waals surface area contributed by atoms with Gasteiger partial charge in [-0.05, 0) is 36.6 Å². The molecule has 2 aliphatic rings. The molecule has 0 amide bonds. The third kappa shape index (κ3) is 1.63. The van der Waals surface area contributed by atoms with Gasteiger partial charge >= 0.3 is 0 Å². The quantitative estimate of drug-likeness (QED) is 0.800. The maximum absolute atomic E-state index is 4.81. The monoisotopic (exact) mass is 232 g/mol. The number of aryl methyl sites for hydroxylation is 1. The first kappa shape index (κ1) is 10.2. The summed E-state index contributed by atoms with van der Waals surface area (Å²) in [6, 6.07) is 7.00. The molecule has 1 unspecified atom stereocenters. The van der Waals surface area contributed by atoms with E-state index in [2.05, 4.69) is 30.4 Å². The summed E-state index contributed by atoms with van der Waals surface area (Å²) >= 11 is 1.80. The molecule has 3 heteroatoms. The molecule has 84 valence electrons. The number of rotatable bonds is 1. The summed E-state index contributed by atoms with van der Waals surface area (Å²) in [5.74, 6) is 1.08. The summed E-state index contributed by atoms with van der Waals surface area (Å²) in [7, 11) is 0. The van der Waals surface area contributed by atoms with Gasteiger partial charge in [-0.2, -0.15) is 0 Å². The second-order valence-electron chi connectivity index (χ2n) is 4.28. The van der Waals surface area contributed by atoms with Crippen molar-refractivity contribution in [1.29, 1.82) is 0 Å². The Labute approximate surface area is 101 Å². The first-order valence-corrected chi connectivity index (χ1v) is 6.96. The Hall–Kier alpha value is -0.960. The average Bonchev–Trinajstić information content (AvgIpc) is 2.30. The van der Waals surface area contributed by atoms with Crippen LogP contribution in [0.2, 0.25) is 0 Å².